The van der Waals surface area contributed by atoms with Gasteiger partial charge in [0.15, 0.2) is 0 Å². The van der Waals surface area contributed by atoms with Crippen molar-refractivity contribution in [3.8, 4) is 10.4 Å². The Balaban J connectivity index is 0.854. The molecule has 2 fully saturated rings. The number of hydrogen-bond acceptors (Lipinski definition) is 13. The molecule has 2 aromatic heterocycles. The predicted octanol–water partition coefficient (Wildman–Crippen LogP) is 5.98. The third-order valence-corrected chi connectivity index (χ3v) is 15.4. The number of β-amino-alcohol motifs (C(OH)–C–C–N with tert-alkyl or cyclic N) is 1. The largest absolute Gasteiger partial charge is 0.417 e. The van der Waals surface area contributed by atoms with E-state index in [9.17, 15) is 47.0 Å². The van der Waals surface area contributed by atoms with Gasteiger partial charge in [0, 0.05) is 82.0 Å². The van der Waals surface area contributed by atoms with Crippen molar-refractivity contribution in [2.75, 3.05) is 76.4 Å². The topological polar surface area (TPSA) is 219 Å². The summed E-state index contributed by atoms with van der Waals surface area (Å²) < 4.78 is 69.3. The van der Waals surface area contributed by atoms with Crippen LogP contribution in [0.25, 0.3) is 16.0 Å². The number of aromatic nitrogens is 2. The number of nitrogens with zero attached hydrogens (tertiary/aromatic N) is 5. The van der Waals surface area contributed by atoms with Crippen molar-refractivity contribution in [3.63, 3.8) is 0 Å². The molecule has 2 aromatic carbocycles. The van der Waals surface area contributed by atoms with Crippen molar-refractivity contribution in [2.24, 2.45) is 5.41 Å². The van der Waals surface area contributed by atoms with E-state index in [1.165, 1.54) is 17.0 Å². The summed E-state index contributed by atoms with van der Waals surface area (Å²) in [6.07, 6.45) is -3.25. The number of carbonyl (C=O) groups is 5. The van der Waals surface area contributed by atoms with Crippen molar-refractivity contribution >= 4 is 57.8 Å². The van der Waals surface area contributed by atoms with Crippen LogP contribution in [0.1, 0.15) is 93.0 Å². The van der Waals surface area contributed by atoms with Crippen LogP contribution in [-0.4, -0.2) is 156 Å². The SMILES string of the molecule is Cc1ncsc1-c1ccc(CNC(=O)[C@@H]2C[C@@H](O)CN2C(=O)C(NC(=O)CCOCCOCCC(=O)N2CC=C(c3cc(NC(=O)c4c[nH]c(=O)cc4C(F)(F)F)c(N4C[C@@H](C)N(C)[C@@H](C)C4)cc3F)CC2)C(C)(C)C)cc1. The van der Waals surface area contributed by atoms with Gasteiger partial charge in [-0.1, -0.05) is 51.1 Å². The van der Waals surface area contributed by atoms with Gasteiger partial charge in [0.25, 0.3) is 5.91 Å². The lowest BCUT2D eigenvalue weighted by Crippen LogP contribution is -2.57. The average Bonchev–Trinajstić information content (AvgIpc) is 4.10. The number of ether oxygens (including phenoxy) is 2. The molecule has 0 bridgehead atoms. The van der Waals surface area contributed by atoms with E-state index >= 15 is 4.39 Å². The zero-order chi connectivity index (χ0) is 56.6. The van der Waals surface area contributed by atoms with E-state index in [1.807, 2.05) is 57.0 Å². The third kappa shape index (κ3) is 14.8. The summed E-state index contributed by atoms with van der Waals surface area (Å²) in [5.74, 6) is -3.30. The number of aliphatic hydroxyl groups excluding tert-OH is 1. The van der Waals surface area contributed by atoms with E-state index in [0.29, 0.717) is 30.9 Å². The Kier molecular flexibility index (Phi) is 19.3. The number of aryl methyl sites for hydroxylation is 1. The molecule has 7 rings (SSSR count). The molecule has 5 heterocycles. The molecule has 18 nitrogen and oxygen atoms in total. The van der Waals surface area contributed by atoms with E-state index < -0.39 is 75.9 Å². The zero-order valence-electron chi connectivity index (χ0n) is 44.9. The number of piperazine rings is 1. The van der Waals surface area contributed by atoms with Crippen LogP contribution in [-0.2, 0) is 41.4 Å². The van der Waals surface area contributed by atoms with Crippen LogP contribution in [0.3, 0.4) is 0 Å². The van der Waals surface area contributed by atoms with Crippen LogP contribution in [0.4, 0.5) is 28.9 Å². The second-order valence-corrected chi connectivity index (χ2v) is 22.0. The molecule has 5 N–H and O–H groups in total. The number of aliphatic hydroxyl groups is 1. The smallest absolute Gasteiger partial charge is 0.391 e. The minimum atomic E-state index is -5.00. The maximum absolute atomic E-state index is 16.2. The molecule has 0 saturated carbocycles. The number of likely N-dealkylation sites (tertiary alicyclic amines) is 1. The molecule has 78 heavy (non-hydrogen) atoms. The molecule has 0 radical (unpaired) electrons. The molecule has 4 aromatic rings. The van der Waals surface area contributed by atoms with E-state index in [0.717, 1.165) is 21.7 Å². The fraction of sp³-hybridized carbons (Fsp3) is 0.509. The van der Waals surface area contributed by atoms with Gasteiger partial charge in [0.1, 0.15) is 17.9 Å². The second kappa shape index (κ2) is 25.5. The molecule has 3 aliphatic heterocycles. The Morgan fingerprint density at radius 2 is 1.63 bits per heavy atom. The summed E-state index contributed by atoms with van der Waals surface area (Å²) in [6.45, 7) is 13.1. The highest BCUT2D eigenvalue weighted by Gasteiger charge is 2.45. The summed E-state index contributed by atoms with van der Waals surface area (Å²) in [5.41, 5.74) is 1.64. The predicted molar refractivity (Wildman–Crippen MR) is 287 cm³/mol. The van der Waals surface area contributed by atoms with Gasteiger partial charge in [-0.15, -0.1) is 11.3 Å². The van der Waals surface area contributed by atoms with Gasteiger partial charge in [-0.25, -0.2) is 9.37 Å². The number of pyridine rings is 1. The molecular weight excluding hydrogens is 1040 g/mol. The number of aromatic amines is 1. The van der Waals surface area contributed by atoms with Crippen molar-refractivity contribution in [1.82, 2.24) is 35.3 Å². The first-order chi connectivity index (χ1) is 36.9. The van der Waals surface area contributed by atoms with E-state index in [4.69, 9.17) is 9.47 Å². The Hall–Kier alpha value is -6.53. The number of carbonyl (C=O) groups excluding carboxylic acids is 5. The minimum Gasteiger partial charge on any atom is -0.391 e. The molecule has 23 heteroatoms. The van der Waals surface area contributed by atoms with E-state index in [2.05, 4.69) is 30.8 Å². The van der Waals surface area contributed by atoms with Crippen molar-refractivity contribution in [1.29, 1.82) is 0 Å². The molecule has 5 amide bonds. The summed E-state index contributed by atoms with van der Waals surface area (Å²) in [5, 5.41) is 18.9. The maximum atomic E-state index is 16.2. The first-order valence-electron chi connectivity index (χ1n) is 26.0. The monoisotopic (exact) mass is 1110 g/mol. The lowest BCUT2D eigenvalue weighted by molar-refractivity contribution is -0.144. The van der Waals surface area contributed by atoms with Crippen LogP contribution >= 0.6 is 11.3 Å². The van der Waals surface area contributed by atoms with Crippen molar-refractivity contribution in [2.45, 2.75) is 110 Å². The van der Waals surface area contributed by atoms with E-state index in [1.54, 1.807) is 48.6 Å². The Labute approximate surface area is 454 Å². The second-order valence-electron chi connectivity index (χ2n) is 21.2. The number of halogens is 4. The lowest BCUT2D eigenvalue weighted by Gasteiger charge is -2.44. The lowest BCUT2D eigenvalue weighted by atomic mass is 9.85. The van der Waals surface area contributed by atoms with Gasteiger partial charge in [0.2, 0.25) is 29.2 Å². The van der Waals surface area contributed by atoms with Crippen LogP contribution in [0, 0.1) is 18.2 Å². The Morgan fingerprint density at radius 3 is 2.24 bits per heavy atom. The first-order valence-corrected chi connectivity index (χ1v) is 26.9. The minimum absolute atomic E-state index is 0.0133. The molecule has 1 unspecified atom stereocenters. The third-order valence-electron chi connectivity index (χ3n) is 14.4. The number of likely N-dealkylation sites (N-methyl/N-ethyl adjacent to an activating group) is 1. The molecule has 0 aliphatic carbocycles. The molecule has 0 spiro atoms. The van der Waals surface area contributed by atoms with Gasteiger partial charge in [-0.05, 0) is 68.5 Å². The normalized spacial score (nSPS) is 19.6. The summed E-state index contributed by atoms with van der Waals surface area (Å²) in [4.78, 5) is 93.6. The summed E-state index contributed by atoms with van der Waals surface area (Å²) in [6, 6.07) is 8.86. The van der Waals surface area contributed by atoms with Crippen molar-refractivity contribution in [3.05, 3.63) is 104 Å². The standard InChI is InChI=1S/C55H69F4N9O9S/c1-32-28-67(29-33(2)65(32)7)44-25-42(56)39(23-43(44)63-51(73)40-27-60-47(71)24-41(40)55(57,58)59)36-12-16-66(17-13-36)48(72)15-19-77-21-20-76-18-14-46(70)64-50(54(4,5)6)53(75)68-30-38(69)22-45(68)52(74)61-26-35-8-10-37(11-9-35)49-34(3)62-31-78-49/h8-12,23-25,27,31-33,38,45,50,69H,13-22,26,28-30H2,1-7H3,(H,60,71)(H,61,74)(H,63,73)(H,64,70)/t32-,33+,38-,45+,50?/m1/s1. The van der Waals surface area contributed by atoms with Crippen LogP contribution in [0.15, 0.2) is 65.0 Å². The number of amides is 5. The zero-order valence-corrected chi connectivity index (χ0v) is 45.7. The molecular formula is C55H69F4N9O9S. The fourth-order valence-electron chi connectivity index (χ4n) is 9.81. The maximum Gasteiger partial charge on any atom is 0.417 e. The van der Waals surface area contributed by atoms with Gasteiger partial charge in [-0.2, -0.15) is 13.2 Å². The number of thiazole rings is 1. The fourth-order valence-corrected chi connectivity index (χ4v) is 10.6. The summed E-state index contributed by atoms with van der Waals surface area (Å²) in [7, 11) is 1.96. The van der Waals surface area contributed by atoms with Crippen molar-refractivity contribution < 1.29 is 56.1 Å². The highest BCUT2D eigenvalue weighted by Crippen LogP contribution is 2.38. The number of alkyl halides is 3. The quantitative estimate of drug-likeness (QED) is 0.0541. The summed E-state index contributed by atoms with van der Waals surface area (Å²) >= 11 is 1.55. The number of rotatable bonds is 19. The van der Waals surface area contributed by atoms with Crippen LogP contribution < -0.4 is 26.4 Å². The first kappa shape index (κ1) is 59.1. The Bertz CT molecular complexity index is 2900. The molecule has 5 atom stereocenters. The van der Waals surface area contributed by atoms with E-state index in [-0.39, 0.29) is 113 Å². The van der Waals surface area contributed by atoms with Crippen LogP contribution in [0.2, 0.25) is 0 Å². The molecule has 422 valence electrons. The average molecular weight is 1110 g/mol. The molecule has 3 aliphatic rings. The number of anilines is 2. The highest BCUT2D eigenvalue weighted by atomic mass is 32.1. The Morgan fingerprint density at radius 1 is 0.949 bits per heavy atom. The van der Waals surface area contributed by atoms with Crippen LogP contribution in [0.5, 0.6) is 0 Å². The number of hydrogen-bond donors (Lipinski definition) is 5. The highest BCUT2D eigenvalue weighted by molar-refractivity contribution is 7.13. The van der Waals surface area contributed by atoms with Gasteiger partial charge in [-0.3, -0.25) is 33.7 Å². The van der Waals surface area contributed by atoms with Gasteiger partial charge >= 0.3 is 6.18 Å². The van der Waals surface area contributed by atoms with Gasteiger partial charge < -0.3 is 50.2 Å². The number of benzene rings is 2. The number of H-pyrrole nitrogens is 1. The molecule has 2 saturated heterocycles. The van der Waals surface area contributed by atoms with Gasteiger partial charge in [0.05, 0.1) is 77.5 Å². The number of nitrogens with one attached hydrogen (secondary N) is 4.